The molecule has 0 aromatic heterocycles. The summed E-state index contributed by atoms with van der Waals surface area (Å²) in [5.74, 6) is 0. The summed E-state index contributed by atoms with van der Waals surface area (Å²) < 4.78 is 0. The summed E-state index contributed by atoms with van der Waals surface area (Å²) in [5, 5.41) is 2.62. The molecule has 0 aliphatic rings. The maximum atomic E-state index is 2.12. The van der Waals surface area contributed by atoms with Gasteiger partial charge in [-0.25, -0.2) is 0 Å². The van der Waals surface area contributed by atoms with Gasteiger partial charge in [-0.2, -0.15) is 0 Å². The van der Waals surface area contributed by atoms with Crippen LogP contribution in [-0.2, 0) is 98.1 Å². The molecule has 583 valence electrons. The van der Waals surface area contributed by atoms with Crippen molar-refractivity contribution in [2.75, 3.05) is 0 Å². The molecule has 3 heteroatoms. The zero-order chi connectivity index (χ0) is 74.8. The van der Waals surface area contributed by atoms with E-state index in [4.69, 9.17) is 0 Å². The van der Waals surface area contributed by atoms with Crippen LogP contribution < -0.4 is 0 Å². The Morgan fingerprint density at radius 1 is 0.118 bits per heavy atom. The van der Waals surface area contributed by atoms with Crippen molar-refractivity contribution in [3.8, 4) is 11.1 Å². The summed E-state index contributed by atoms with van der Waals surface area (Å²) in [4.78, 5) is 0. The zero-order valence-electron chi connectivity index (χ0n) is 75.5. The third-order valence-corrected chi connectivity index (χ3v) is 8.91. The van der Waals surface area contributed by atoms with Gasteiger partial charge in [-0.15, -0.1) is 0 Å². The quantitative estimate of drug-likeness (QED) is 0.144. The van der Waals surface area contributed by atoms with Gasteiger partial charge in [0.25, 0.3) is 0 Å². The van der Waals surface area contributed by atoms with Crippen LogP contribution in [0.4, 0.5) is 0 Å². The van der Waals surface area contributed by atoms with Crippen molar-refractivity contribution >= 4 is 10.8 Å². The van der Waals surface area contributed by atoms with Gasteiger partial charge in [0.15, 0.2) is 0 Å². The third-order valence-electron chi connectivity index (χ3n) is 8.91. The second-order valence-corrected chi connectivity index (χ2v) is 14.5. The minimum Gasteiger partial charge on any atom is -0.358 e. The Kier molecular flexibility index (Phi) is 269. The van der Waals surface area contributed by atoms with Gasteiger partial charge >= 0.3 is 0 Å². The maximum Gasteiger partial charge on any atom is 0 e. The van der Waals surface area contributed by atoms with Gasteiger partial charge < -0.3 is 44.6 Å². The molecule has 3 radical (unpaired) electrons. The number of hydrogen-bond acceptors (Lipinski definition) is 0. The molecule has 0 saturated carbocycles. The van der Waals surface area contributed by atoms with Crippen molar-refractivity contribution in [3.05, 3.63) is 370 Å². The minimum atomic E-state index is 0. The van der Waals surface area contributed by atoms with E-state index < -0.39 is 0 Å². The van der Waals surface area contributed by atoms with E-state index in [-0.39, 0.29) is 143 Å². The number of aryl methyl sites for hydroxylation is 5. The Morgan fingerprint density at radius 2 is 0.196 bits per heavy atom. The molecule has 0 aliphatic heterocycles. The maximum absolute atomic E-state index is 2.12. The SMILES string of the molecule is CC.CC.CC.CC.CC.CC.CC.CC.CC.CC.CC.CC.CC.CC.CC.Cc1ccccc1.Cc1ccccc1.Cc1ccccc1.Cc1ccccc1.Cc1ccccc1.[CH3-].[CH3-].[CH3-].[CH3-].[CH3-].[CH3-].[Y].[Y].[Y].c1ccc(-c2ccccc2)cc1.c1ccc2ccccc2c1.c1ccccc1. The molecule has 0 spiro atoms. The zero-order valence-corrected chi connectivity index (χ0v) is 84.0. The number of hydrogen-bond donors (Lipinski definition) is 0. The van der Waals surface area contributed by atoms with Crippen LogP contribution in [0.5, 0.6) is 0 Å². The third kappa shape index (κ3) is 135. The van der Waals surface area contributed by atoms with Crippen molar-refractivity contribution in [1.82, 2.24) is 0 Å². The molecule has 102 heavy (non-hydrogen) atoms. The number of rotatable bonds is 1. The van der Waals surface area contributed by atoms with Gasteiger partial charge in [-0.1, -0.05) is 533 Å². The smallest absolute Gasteiger partial charge is 0 e. The fourth-order valence-corrected chi connectivity index (χ4v) is 5.45. The van der Waals surface area contributed by atoms with E-state index in [9.17, 15) is 0 Å². The molecule has 10 rings (SSSR count). The molecule has 0 N–H and O–H groups in total. The topological polar surface area (TPSA) is 0 Å². The van der Waals surface area contributed by atoms with Gasteiger partial charge in [0.2, 0.25) is 0 Å². The van der Waals surface area contributed by atoms with Crippen LogP contribution in [0.3, 0.4) is 0 Å². The first-order valence-electron chi connectivity index (χ1n) is 36.5. The molecule has 0 saturated heterocycles. The Balaban J connectivity index is -0.0000000338. The van der Waals surface area contributed by atoms with Crippen LogP contribution in [0.15, 0.2) is 297 Å². The molecule has 0 bridgehead atoms. The van der Waals surface area contributed by atoms with Gasteiger partial charge in [-0.05, 0) is 56.5 Å². The molecule has 0 heterocycles. The van der Waals surface area contributed by atoms with E-state index in [0.717, 1.165) is 0 Å². The van der Waals surface area contributed by atoms with Crippen LogP contribution in [0.1, 0.15) is 236 Å². The van der Waals surface area contributed by atoms with Crippen LogP contribution in [-0.4, -0.2) is 0 Å². The largest absolute Gasteiger partial charge is 0.358 e. The minimum absolute atomic E-state index is 0. The summed E-state index contributed by atoms with van der Waals surface area (Å²) in [6.45, 7) is 70.4. The molecule has 0 unspecified atom stereocenters. The summed E-state index contributed by atoms with van der Waals surface area (Å²) >= 11 is 0. The standard InChI is InChI=1S/C12H10.C10H8.5C7H8.C6H6.15C2H6.6CH3.3Y/c1-3-7-11(8-4-1)12-9-5-2-6-10-12;1-2-6-10-8-4-3-7-9(10)5-1;5*1-7-5-3-2-4-6-7;1-2-4-6-5-3-1;15*1-2;;;;;;;;;/h1-10H;1-8H;5*2-6H,1H3;1-6H;15*1-2H3;6*1H3;;;/q;;;;;;;;;;;;;;;;;;;;;;;6*-1;;;. The van der Waals surface area contributed by atoms with E-state index in [1.807, 2.05) is 347 Å². The van der Waals surface area contributed by atoms with E-state index in [0.29, 0.717) is 0 Å². The summed E-state index contributed by atoms with van der Waals surface area (Å²) in [6.07, 6.45) is 0. The fraction of sp³-hybridized carbons (Fsp3) is 0.354. The summed E-state index contributed by atoms with van der Waals surface area (Å²) in [7, 11) is 0. The average molecular weight is 1630 g/mol. The van der Waals surface area contributed by atoms with E-state index >= 15 is 0 Å². The Morgan fingerprint density at radius 3 is 0.284 bits per heavy atom. The van der Waals surface area contributed by atoms with Crippen molar-refractivity contribution < 1.29 is 98.1 Å². The molecular weight excluding hydrogens is 1460 g/mol. The predicted octanol–water partition coefficient (Wildman–Crippen LogP) is 35.9. The molecule has 0 atom stereocenters. The second-order valence-electron chi connectivity index (χ2n) is 14.5. The van der Waals surface area contributed by atoms with Gasteiger partial charge in [0.1, 0.15) is 0 Å². The first-order chi connectivity index (χ1) is 45.9. The molecule has 0 amide bonds. The monoisotopic (exact) mass is 1630 g/mol. The molecular formula is C99H172Y3-6. The first kappa shape index (κ1) is 159. The number of benzene rings is 10. The molecule has 10 aromatic rings. The Hall–Kier alpha value is -4.23. The van der Waals surface area contributed by atoms with Crippen LogP contribution in [0, 0.1) is 79.2 Å². The van der Waals surface area contributed by atoms with E-state index in [2.05, 4.69) is 192 Å². The molecule has 0 fully saturated rings. The van der Waals surface area contributed by atoms with Crippen LogP contribution in [0.2, 0.25) is 0 Å². The van der Waals surface area contributed by atoms with Crippen molar-refractivity contribution in [3.63, 3.8) is 0 Å². The van der Waals surface area contributed by atoms with E-state index in [1.165, 1.54) is 49.7 Å². The number of fused-ring (bicyclic) bond motifs is 1. The molecule has 10 aromatic carbocycles. The van der Waals surface area contributed by atoms with E-state index in [1.54, 1.807) is 0 Å². The van der Waals surface area contributed by atoms with Gasteiger partial charge in [0, 0.05) is 98.1 Å². The average Bonchev–Trinajstić information content (AvgIpc) is 0.886. The second kappa shape index (κ2) is 172. The predicted molar refractivity (Wildman–Crippen MR) is 487 cm³/mol. The summed E-state index contributed by atoms with van der Waals surface area (Å²) in [6, 6.07) is 101. The van der Waals surface area contributed by atoms with Crippen molar-refractivity contribution in [2.45, 2.75) is 242 Å². The summed E-state index contributed by atoms with van der Waals surface area (Å²) in [5.41, 5.74) is 9.16. The van der Waals surface area contributed by atoms with Gasteiger partial charge in [-0.3, -0.25) is 0 Å². The first-order valence-corrected chi connectivity index (χ1v) is 36.5. The van der Waals surface area contributed by atoms with Crippen LogP contribution in [0.25, 0.3) is 21.9 Å². The molecule has 0 aliphatic carbocycles. The Labute approximate surface area is 724 Å². The Bertz CT molecular complexity index is 2160. The van der Waals surface area contributed by atoms with Crippen molar-refractivity contribution in [2.24, 2.45) is 0 Å². The van der Waals surface area contributed by atoms with Crippen molar-refractivity contribution in [1.29, 1.82) is 0 Å². The fourth-order valence-electron chi connectivity index (χ4n) is 5.45. The molecule has 0 nitrogen and oxygen atoms in total. The van der Waals surface area contributed by atoms with Gasteiger partial charge in [0.05, 0.1) is 0 Å². The normalized spacial score (nSPS) is 6.46. The van der Waals surface area contributed by atoms with Crippen LogP contribution >= 0.6 is 0 Å².